The van der Waals surface area contributed by atoms with E-state index in [0.717, 1.165) is 24.5 Å². The van der Waals surface area contributed by atoms with Crippen LogP contribution < -0.4 is 5.32 Å². The van der Waals surface area contributed by atoms with Gasteiger partial charge in [0.2, 0.25) is 11.6 Å². The number of nitrogens with zero attached hydrogens (tertiary/aromatic N) is 5. The van der Waals surface area contributed by atoms with E-state index in [4.69, 9.17) is 11.6 Å². The van der Waals surface area contributed by atoms with Crippen molar-refractivity contribution in [1.82, 2.24) is 19.7 Å². The summed E-state index contributed by atoms with van der Waals surface area (Å²) < 4.78 is 40.1. The standard InChI is InChI=1S/C16H12ClF3N6O2/c1-8-5-9(2)25(24-8)15-13(26(27)28)14(21-7-22-15)23-12-6-10(16(18,19)20)3-4-11(12)17/h3-7H,1-2H3,(H,21,22,23). The second kappa shape index (κ2) is 7.08. The molecule has 146 valence electrons. The number of nitro groups is 1. The molecule has 1 N–H and O–H groups in total. The Morgan fingerprint density at radius 1 is 1.21 bits per heavy atom. The maximum Gasteiger partial charge on any atom is 0.416 e. The number of nitrogens with one attached hydrogen (secondary N) is 1. The molecule has 0 saturated carbocycles. The molecule has 0 fully saturated rings. The fourth-order valence-electron chi connectivity index (χ4n) is 2.55. The molecule has 0 bridgehead atoms. The number of aromatic nitrogens is 4. The van der Waals surface area contributed by atoms with Gasteiger partial charge in [0, 0.05) is 5.69 Å². The molecule has 0 aliphatic rings. The molecule has 3 aromatic rings. The second-order valence-corrected chi connectivity index (χ2v) is 6.22. The number of rotatable bonds is 4. The van der Waals surface area contributed by atoms with E-state index in [1.807, 2.05) is 0 Å². The van der Waals surface area contributed by atoms with Gasteiger partial charge in [0.05, 0.1) is 26.9 Å². The minimum Gasteiger partial charge on any atom is -0.333 e. The minimum absolute atomic E-state index is 0.0615. The fraction of sp³-hybridized carbons (Fsp3) is 0.188. The van der Waals surface area contributed by atoms with Crippen LogP contribution in [0.2, 0.25) is 5.02 Å². The van der Waals surface area contributed by atoms with Crippen LogP contribution in [0.4, 0.5) is 30.4 Å². The molecule has 1 aromatic carbocycles. The molecule has 28 heavy (non-hydrogen) atoms. The van der Waals surface area contributed by atoms with E-state index in [0.29, 0.717) is 11.4 Å². The van der Waals surface area contributed by atoms with Gasteiger partial charge in [-0.15, -0.1) is 0 Å². The molecule has 0 unspecified atom stereocenters. The summed E-state index contributed by atoms with van der Waals surface area (Å²) in [7, 11) is 0. The molecule has 0 radical (unpaired) electrons. The number of benzene rings is 1. The average molecular weight is 413 g/mol. The Balaban J connectivity index is 2.13. The number of alkyl halides is 3. The molecule has 12 heteroatoms. The highest BCUT2D eigenvalue weighted by molar-refractivity contribution is 6.33. The lowest BCUT2D eigenvalue weighted by Crippen LogP contribution is -2.10. The van der Waals surface area contributed by atoms with E-state index in [9.17, 15) is 23.3 Å². The number of halogens is 4. The molecule has 0 atom stereocenters. The van der Waals surface area contributed by atoms with E-state index in [2.05, 4.69) is 20.4 Å². The number of hydrogen-bond acceptors (Lipinski definition) is 6. The van der Waals surface area contributed by atoms with Crippen LogP contribution in [0, 0.1) is 24.0 Å². The molecule has 0 saturated heterocycles. The molecular formula is C16H12ClF3N6O2. The van der Waals surface area contributed by atoms with Gasteiger partial charge in [0.25, 0.3) is 0 Å². The monoisotopic (exact) mass is 412 g/mol. The Labute approximate surface area is 161 Å². The smallest absolute Gasteiger partial charge is 0.333 e. The van der Waals surface area contributed by atoms with Crippen molar-refractivity contribution in [2.75, 3.05) is 5.32 Å². The average Bonchev–Trinajstić information content (AvgIpc) is 2.93. The van der Waals surface area contributed by atoms with Crippen molar-refractivity contribution in [2.24, 2.45) is 0 Å². The molecule has 0 amide bonds. The van der Waals surface area contributed by atoms with Gasteiger partial charge < -0.3 is 5.32 Å². The summed E-state index contributed by atoms with van der Waals surface area (Å²) in [5.41, 5.74) is -0.502. The first-order valence-corrected chi connectivity index (χ1v) is 8.12. The Morgan fingerprint density at radius 3 is 2.50 bits per heavy atom. The molecule has 0 aliphatic heterocycles. The Kier molecular flexibility index (Phi) is 4.94. The van der Waals surface area contributed by atoms with Crippen molar-refractivity contribution in [1.29, 1.82) is 0 Å². The molecule has 3 rings (SSSR count). The van der Waals surface area contributed by atoms with Crippen LogP contribution in [-0.2, 0) is 6.18 Å². The summed E-state index contributed by atoms with van der Waals surface area (Å²) in [6.07, 6.45) is -3.56. The zero-order chi connectivity index (χ0) is 20.6. The first-order valence-electron chi connectivity index (χ1n) is 7.74. The zero-order valence-corrected chi connectivity index (χ0v) is 15.2. The van der Waals surface area contributed by atoms with Gasteiger partial charge >= 0.3 is 11.9 Å². The number of anilines is 2. The van der Waals surface area contributed by atoms with Crippen molar-refractivity contribution in [3.63, 3.8) is 0 Å². The van der Waals surface area contributed by atoms with E-state index < -0.39 is 22.4 Å². The summed E-state index contributed by atoms with van der Waals surface area (Å²) in [5, 5.41) is 18.3. The van der Waals surface area contributed by atoms with Gasteiger partial charge in [-0.2, -0.15) is 18.3 Å². The van der Waals surface area contributed by atoms with E-state index in [-0.39, 0.29) is 22.3 Å². The molecule has 0 aliphatic carbocycles. The largest absolute Gasteiger partial charge is 0.416 e. The van der Waals surface area contributed by atoms with Gasteiger partial charge in [-0.05, 0) is 38.1 Å². The van der Waals surface area contributed by atoms with Crippen molar-refractivity contribution in [3.05, 3.63) is 62.7 Å². The lowest BCUT2D eigenvalue weighted by Gasteiger charge is -2.13. The first kappa shape index (κ1) is 19.5. The van der Waals surface area contributed by atoms with Gasteiger partial charge in [0.1, 0.15) is 6.33 Å². The third kappa shape index (κ3) is 3.74. The number of aryl methyl sites for hydroxylation is 2. The van der Waals surface area contributed by atoms with Crippen LogP contribution in [-0.4, -0.2) is 24.7 Å². The summed E-state index contributed by atoms with van der Waals surface area (Å²) >= 11 is 5.95. The van der Waals surface area contributed by atoms with Gasteiger partial charge in [-0.1, -0.05) is 11.6 Å². The van der Waals surface area contributed by atoms with E-state index in [1.54, 1.807) is 19.9 Å². The fourth-order valence-corrected chi connectivity index (χ4v) is 2.72. The normalized spacial score (nSPS) is 11.5. The topological polar surface area (TPSA) is 98.8 Å². The lowest BCUT2D eigenvalue weighted by molar-refractivity contribution is -0.384. The van der Waals surface area contributed by atoms with Crippen molar-refractivity contribution in [3.8, 4) is 5.82 Å². The Bertz CT molecular complexity index is 1070. The summed E-state index contributed by atoms with van der Waals surface area (Å²) in [6, 6.07) is 4.30. The van der Waals surface area contributed by atoms with Crippen LogP contribution in [0.5, 0.6) is 0 Å². The van der Waals surface area contributed by atoms with Crippen LogP contribution >= 0.6 is 11.6 Å². The van der Waals surface area contributed by atoms with Crippen molar-refractivity contribution in [2.45, 2.75) is 20.0 Å². The van der Waals surface area contributed by atoms with Crippen LogP contribution in [0.25, 0.3) is 5.82 Å². The third-order valence-corrected chi connectivity index (χ3v) is 4.07. The van der Waals surface area contributed by atoms with Gasteiger partial charge in [-0.25, -0.2) is 14.6 Å². The third-order valence-electron chi connectivity index (χ3n) is 3.74. The molecule has 2 aromatic heterocycles. The van der Waals surface area contributed by atoms with Crippen molar-refractivity contribution >= 4 is 28.8 Å². The predicted molar refractivity (Wildman–Crippen MR) is 95.0 cm³/mol. The zero-order valence-electron chi connectivity index (χ0n) is 14.5. The van der Waals surface area contributed by atoms with Crippen LogP contribution in [0.15, 0.2) is 30.6 Å². The van der Waals surface area contributed by atoms with E-state index >= 15 is 0 Å². The predicted octanol–water partition coefficient (Wildman–Crippen LogP) is 4.60. The molecular weight excluding hydrogens is 401 g/mol. The van der Waals surface area contributed by atoms with Crippen LogP contribution in [0.1, 0.15) is 17.0 Å². The highest BCUT2D eigenvalue weighted by Gasteiger charge is 2.32. The minimum atomic E-state index is -4.60. The molecule has 2 heterocycles. The van der Waals surface area contributed by atoms with Gasteiger partial charge in [0.15, 0.2) is 0 Å². The summed E-state index contributed by atoms with van der Waals surface area (Å²) in [6.45, 7) is 3.39. The van der Waals surface area contributed by atoms with Crippen LogP contribution in [0.3, 0.4) is 0 Å². The maximum atomic E-state index is 13.0. The molecule has 0 spiro atoms. The quantitative estimate of drug-likeness (QED) is 0.496. The summed E-state index contributed by atoms with van der Waals surface area (Å²) in [5.74, 6) is -0.444. The highest BCUT2D eigenvalue weighted by atomic mass is 35.5. The van der Waals surface area contributed by atoms with Gasteiger partial charge in [-0.3, -0.25) is 10.1 Å². The number of hydrogen-bond donors (Lipinski definition) is 1. The summed E-state index contributed by atoms with van der Waals surface area (Å²) in [4.78, 5) is 18.7. The van der Waals surface area contributed by atoms with E-state index in [1.165, 1.54) is 4.68 Å². The van der Waals surface area contributed by atoms with Crippen molar-refractivity contribution < 1.29 is 18.1 Å². The first-order chi connectivity index (χ1) is 13.1. The highest BCUT2D eigenvalue weighted by Crippen LogP contribution is 2.37. The maximum absolute atomic E-state index is 13.0. The Hall–Kier alpha value is -3.21. The Morgan fingerprint density at radius 2 is 1.93 bits per heavy atom. The lowest BCUT2D eigenvalue weighted by atomic mass is 10.2. The second-order valence-electron chi connectivity index (χ2n) is 5.81. The molecule has 8 nitrogen and oxygen atoms in total. The SMILES string of the molecule is Cc1cc(C)n(-c2ncnc(Nc3cc(C(F)(F)F)ccc3Cl)c2[N+](=O)[O-])n1.